The number of carbonyl (C=O) groups is 1. The number of carbonyl (C=O) groups excluding carboxylic acids is 1. The van der Waals surface area contributed by atoms with Crippen LogP contribution in [0.15, 0.2) is 36.4 Å². The van der Waals surface area contributed by atoms with E-state index in [-0.39, 0.29) is 5.91 Å². The second kappa shape index (κ2) is 7.82. The second-order valence-corrected chi connectivity index (χ2v) is 6.01. The third-order valence-corrected chi connectivity index (χ3v) is 4.07. The van der Waals surface area contributed by atoms with Crippen LogP contribution in [-0.4, -0.2) is 13.0 Å². The Hall–Kier alpha value is -2.29. The summed E-state index contributed by atoms with van der Waals surface area (Å²) < 4.78 is 5.22. The van der Waals surface area contributed by atoms with Crippen LogP contribution in [0.25, 0.3) is 0 Å². The molecule has 23 heavy (non-hydrogen) atoms. The molecule has 2 rings (SSSR count). The predicted molar refractivity (Wildman–Crippen MR) is 95.2 cm³/mol. The Bertz CT molecular complexity index is 692. The van der Waals surface area contributed by atoms with Gasteiger partial charge in [-0.3, -0.25) is 4.79 Å². The first-order valence-electron chi connectivity index (χ1n) is 8.00. The van der Waals surface area contributed by atoms with Crippen molar-refractivity contribution in [2.24, 2.45) is 0 Å². The Kier molecular flexibility index (Phi) is 5.80. The lowest BCUT2D eigenvalue weighted by molar-refractivity contribution is -0.116. The highest BCUT2D eigenvalue weighted by molar-refractivity contribution is 5.91. The van der Waals surface area contributed by atoms with Gasteiger partial charge >= 0.3 is 0 Å². The fourth-order valence-electron chi connectivity index (χ4n) is 2.60. The van der Waals surface area contributed by atoms with Gasteiger partial charge in [-0.1, -0.05) is 18.2 Å². The van der Waals surface area contributed by atoms with Crippen LogP contribution in [0.5, 0.6) is 5.75 Å². The summed E-state index contributed by atoms with van der Waals surface area (Å²) in [6.07, 6.45) is 2.26. The van der Waals surface area contributed by atoms with Crippen LogP contribution in [0.2, 0.25) is 0 Å². The van der Waals surface area contributed by atoms with Crippen molar-refractivity contribution in [3.05, 3.63) is 58.7 Å². The summed E-state index contributed by atoms with van der Waals surface area (Å²) in [7, 11) is 1.67. The van der Waals surface area contributed by atoms with Gasteiger partial charge in [0, 0.05) is 12.1 Å². The van der Waals surface area contributed by atoms with Crippen molar-refractivity contribution in [1.29, 1.82) is 0 Å². The first-order chi connectivity index (χ1) is 11.0. The molecule has 0 aliphatic carbocycles. The molecule has 0 bridgehead atoms. The fourth-order valence-corrected chi connectivity index (χ4v) is 2.60. The van der Waals surface area contributed by atoms with Crippen molar-refractivity contribution in [1.82, 2.24) is 0 Å². The normalized spacial score (nSPS) is 10.4. The van der Waals surface area contributed by atoms with Crippen LogP contribution in [0.1, 0.15) is 35.1 Å². The summed E-state index contributed by atoms with van der Waals surface area (Å²) >= 11 is 0. The SMILES string of the molecule is COc1ccc(CCCC(=O)Nc2cc(C)ccc2C)c(C)c1. The molecule has 0 atom stereocenters. The smallest absolute Gasteiger partial charge is 0.224 e. The molecular weight excluding hydrogens is 286 g/mol. The molecule has 0 spiro atoms. The predicted octanol–water partition coefficient (Wildman–Crippen LogP) is 4.58. The van der Waals surface area contributed by atoms with Gasteiger partial charge in [-0.05, 0) is 74.1 Å². The fraction of sp³-hybridized carbons (Fsp3) is 0.350. The summed E-state index contributed by atoms with van der Waals surface area (Å²) in [5.74, 6) is 0.948. The molecule has 2 aromatic carbocycles. The third-order valence-electron chi connectivity index (χ3n) is 4.07. The van der Waals surface area contributed by atoms with Gasteiger partial charge < -0.3 is 10.1 Å². The van der Waals surface area contributed by atoms with Crippen LogP contribution >= 0.6 is 0 Å². The van der Waals surface area contributed by atoms with Crippen LogP contribution in [0.3, 0.4) is 0 Å². The molecule has 0 aliphatic heterocycles. The first-order valence-corrected chi connectivity index (χ1v) is 8.00. The van der Waals surface area contributed by atoms with E-state index in [2.05, 4.69) is 24.4 Å². The molecule has 0 aromatic heterocycles. The van der Waals surface area contributed by atoms with E-state index < -0.39 is 0 Å². The maximum atomic E-state index is 12.1. The number of anilines is 1. The highest BCUT2D eigenvalue weighted by atomic mass is 16.5. The van der Waals surface area contributed by atoms with Gasteiger partial charge in [0.2, 0.25) is 5.91 Å². The Morgan fingerprint density at radius 1 is 1.04 bits per heavy atom. The largest absolute Gasteiger partial charge is 0.497 e. The number of methoxy groups -OCH3 is 1. The van der Waals surface area contributed by atoms with Crippen LogP contribution in [0, 0.1) is 20.8 Å². The average molecular weight is 311 g/mol. The van der Waals surface area contributed by atoms with Gasteiger partial charge in [0.15, 0.2) is 0 Å². The molecule has 0 aliphatic rings. The number of rotatable bonds is 6. The van der Waals surface area contributed by atoms with Gasteiger partial charge in [-0.2, -0.15) is 0 Å². The number of hydrogen-bond donors (Lipinski definition) is 1. The van der Waals surface area contributed by atoms with E-state index in [4.69, 9.17) is 4.74 Å². The van der Waals surface area contributed by atoms with Crippen molar-refractivity contribution in [3.8, 4) is 5.75 Å². The number of aryl methyl sites for hydroxylation is 4. The number of benzene rings is 2. The van der Waals surface area contributed by atoms with Gasteiger partial charge in [0.05, 0.1) is 7.11 Å². The monoisotopic (exact) mass is 311 g/mol. The second-order valence-electron chi connectivity index (χ2n) is 6.01. The van der Waals surface area contributed by atoms with Gasteiger partial charge in [-0.25, -0.2) is 0 Å². The maximum Gasteiger partial charge on any atom is 0.224 e. The maximum absolute atomic E-state index is 12.1. The lowest BCUT2D eigenvalue weighted by Crippen LogP contribution is -2.12. The third kappa shape index (κ3) is 4.85. The number of amides is 1. The van der Waals surface area contributed by atoms with Crippen LogP contribution < -0.4 is 10.1 Å². The standard InChI is InChI=1S/C20H25NO2/c1-14-8-9-15(2)19(12-14)21-20(22)7-5-6-17-10-11-18(23-4)13-16(17)3/h8-13H,5-7H2,1-4H3,(H,21,22). The minimum absolute atomic E-state index is 0.0739. The van der Waals surface area contributed by atoms with E-state index in [0.717, 1.165) is 35.4 Å². The number of hydrogen-bond acceptors (Lipinski definition) is 2. The lowest BCUT2D eigenvalue weighted by Gasteiger charge is -2.10. The Morgan fingerprint density at radius 3 is 2.52 bits per heavy atom. The van der Waals surface area contributed by atoms with E-state index in [1.807, 2.05) is 38.1 Å². The van der Waals surface area contributed by atoms with Crippen molar-refractivity contribution in [2.45, 2.75) is 40.0 Å². The van der Waals surface area contributed by atoms with Gasteiger partial charge in [0.25, 0.3) is 0 Å². The molecule has 3 nitrogen and oxygen atoms in total. The molecule has 0 saturated carbocycles. The van der Waals surface area contributed by atoms with Crippen molar-refractivity contribution in [3.63, 3.8) is 0 Å². The molecule has 3 heteroatoms. The Morgan fingerprint density at radius 2 is 1.83 bits per heavy atom. The van der Waals surface area contributed by atoms with Gasteiger partial charge in [-0.15, -0.1) is 0 Å². The molecule has 1 N–H and O–H groups in total. The molecule has 0 heterocycles. The van der Waals surface area contributed by atoms with E-state index in [1.54, 1.807) is 7.11 Å². The molecule has 2 aromatic rings. The van der Waals surface area contributed by atoms with Crippen LogP contribution in [0.4, 0.5) is 5.69 Å². The Balaban J connectivity index is 1.86. The van der Waals surface area contributed by atoms with E-state index in [9.17, 15) is 4.79 Å². The zero-order valence-electron chi connectivity index (χ0n) is 14.4. The van der Waals surface area contributed by atoms with Gasteiger partial charge in [0.1, 0.15) is 5.75 Å². The molecule has 0 radical (unpaired) electrons. The zero-order valence-corrected chi connectivity index (χ0v) is 14.4. The molecule has 0 unspecified atom stereocenters. The lowest BCUT2D eigenvalue weighted by atomic mass is 10.0. The Labute approximate surface area is 138 Å². The van der Waals surface area contributed by atoms with E-state index >= 15 is 0 Å². The average Bonchev–Trinajstić information content (AvgIpc) is 2.52. The summed E-state index contributed by atoms with van der Waals surface area (Å²) in [4.78, 5) is 12.1. The molecular formula is C20H25NO2. The first kappa shape index (κ1) is 17.1. The van der Waals surface area contributed by atoms with Crippen molar-refractivity contribution < 1.29 is 9.53 Å². The highest BCUT2D eigenvalue weighted by Gasteiger charge is 2.06. The molecule has 122 valence electrons. The molecule has 1 amide bonds. The van der Waals surface area contributed by atoms with E-state index in [1.165, 1.54) is 11.1 Å². The number of ether oxygens (including phenoxy) is 1. The quantitative estimate of drug-likeness (QED) is 0.848. The minimum Gasteiger partial charge on any atom is -0.497 e. The van der Waals surface area contributed by atoms with Crippen molar-refractivity contribution in [2.75, 3.05) is 12.4 Å². The summed E-state index contributed by atoms with van der Waals surface area (Å²) in [5.41, 5.74) is 5.63. The summed E-state index contributed by atoms with van der Waals surface area (Å²) in [5, 5.41) is 3.01. The highest BCUT2D eigenvalue weighted by Crippen LogP contribution is 2.19. The minimum atomic E-state index is 0.0739. The molecule has 0 fully saturated rings. The van der Waals surface area contributed by atoms with Crippen LogP contribution in [-0.2, 0) is 11.2 Å². The van der Waals surface area contributed by atoms with Crippen molar-refractivity contribution >= 4 is 11.6 Å². The zero-order chi connectivity index (χ0) is 16.8. The summed E-state index contributed by atoms with van der Waals surface area (Å²) in [6, 6.07) is 12.2. The van der Waals surface area contributed by atoms with E-state index in [0.29, 0.717) is 6.42 Å². The topological polar surface area (TPSA) is 38.3 Å². The summed E-state index contributed by atoms with van der Waals surface area (Å²) in [6.45, 7) is 6.12. The molecule has 0 saturated heterocycles. The number of nitrogens with one attached hydrogen (secondary N) is 1.